The molecular formula is C21H23N7O2. The lowest BCUT2D eigenvalue weighted by atomic mass is 10.00. The maximum atomic E-state index is 11.0. The van der Waals surface area contributed by atoms with E-state index in [9.17, 15) is 4.79 Å². The molecule has 154 valence electrons. The van der Waals surface area contributed by atoms with Crippen LogP contribution in [0.25, 0.3) is 5.52 Å². The van der Waals surface area contributed by atoms with Gasteiger partial charge in [0, 0.05) is 43.1 Å². The van der Waals surface area contributed by atoms with Crippen molar-refractivity contribution in [2.75, 3.05) is 18.4 Å². The molecule has 0 bridgehead atoms. The molecule has 5 N–H and O–H groups in total. The van der Waals surface area contributed by atoms with Crippen LogP contribution in [0.3, 0.4) is 0 Å². The third-order valence-corrected chi connectivity index (χ3v) is 5.28. The Labute approximate surface area is 173 Å². The lowest BCUT2D eigenvalue weighted by molar-refractivity contribution is 0.149. The summed E-state index contributed by atoms with van der Waals surface area (Å²) in [6.07, 6.45) is 8.55. The van der Waals surface area contributed by atoms with E-state index in [0.29, 0.717) is 18.9 Å². The van der Waals surface area contributed by atoms with E-state index in [-0.39, 0.29) is 12.1 Å². The number of likely N-dealkylation sites (tertiary alicyclic amines) is 1. The van der Waals surface area contributed by atoms with Crippen molar-refractivity contribution in [2.24, 2.45) is 5.73 Å². The Bertz CT molecular complexity index is 1100. The molecule has 9 nitrogen and oxygen atoms in total. The average Bonchev–Trinajstić information content (AvgIpc) is 3.14. The SMILES string of the molecule is C#Cc1cccc(Nc2ncnn3ccc(CN4CC[C@@H](N)[C@@H](NC(=O)O)C4)c23)c1. The van der Waals surface area contributed by atoms with Gasteiger partial charge in [0.1, 0.15) is 11.8 Å². The number of anilines is 2. The van der Waals surface area contributed by atoms with Crippen molar-refractivity contribution in [1.29, 1.82) is 0 Å². The van der Waals surface area contributed by atoms with E-state index in [2.05, 4.69) is 31.5 Å². The van der Waals surface area contributed by atoms with Crippen LogP contribution in [-0.2, 0) is 6.54 Å². The van der Waals surface area contributed by atoms with Crippen LogP contribution in [0.4, 0.5) is 16.3 Å². The van der Waals surface area contributed by atoms with E-state index < -0.39 is 6.09 Å². The van der Waals surface area contributed by atoms with Gasteiger partial charge in [-0.3, -0.25) is 4.90 Å². The number of benzene rings is 1. The number of hydrogen-bond acceptors (Lipinski definition) is 6. The van der Waals surface area contributed by atoms with Gasteiger partial charge in [-0.25, -0.2) is 14.3 Å². The molecule has 1 aromatic carbocycles. The maximum Gasteiger partial charge on any atom is 0.404 e. The van der Waals surface area contributed by atoms with Gasteiger partial charge in [0.25, 0.3) is 0 Å². The Hall–Kier alpha value is -3.61. The molecule has 0 radical (unpaired) electrons. The molecule has 2 atom stereocenters. The van der Waals surface area contributed by atoms with Crippen molar-refractivity contribution < 1.29 is 9.90 Å². The summed E-state index contributed by atoms with van der Waals surface area (Å²) in [6.45, 7) is 1.97. The molecular weight excluding hydrogens is 382 g/mol. The first-order valence-electron chi connectivity index (χ1n) is 9.66. The van der Waals surface area contributed by atoms with Crippen LogP contribution in [-0.4, -0.2) is 55.9 Å². The lowest BCUT2D eigenvalue weighted by Gasteiger charge is -2.36. The predicted molar refractivity (Wildman–Crippen MR) is 113 cm³/mol. The Morgan fingerprint density at radius 2 is 2.27 bits per heavy atom. The molecule has 9 heteroatoms. The summed E-state index contributed by atoms with van der Waals surface area (Å²) >= 11 is 0. The zero-order valence-electron chi connectivity index (χ0n) is 16.3. The highest BCUT2D eigenvalue weighted by Crippen LogP contribution is 2.25. The van der Waals surface area contributed by atoms with Crippen molar-refractivity contribution in [3.63, 3.8) is 0 Å². The molecule has 1 saturated heterocycles. The number of carbonyl (C=O) groups is 1. The first kappa shape index (κ1) is 19.7. The maximum absolute atomic E-state index is 11.0. The molecule has 1 aliphatic heterocycles. The molecule has 3 aromatic rings. The van der Waals surface area contributed by atoms with Crippen molar-refractivity contribution >= 4 is 23.1 Å². The van der Waals surface area contributed by atoms with Gasteiger partial charge in [-0.1, -0.05) is 12.0 Å². The molecule has 1 aliphatic rings. The zero-order valence-corrected chi connectivity index (χ0v) is 16.3. The number of amides is 1. The molecule has 0 aliphatic carbocycles. The number of aromatic nitrogens is 3. The van der Waals surface area contributed by atoms with Crippen LogP contribution in [0.5, 0.6) is 0 Å². The van der Waals surface area contributed by atoms with Crippen molar-refractivity contribution in [3.05, 3.63) is 54.0 Å². The largest absolute Gasteiger partial charge is 0.465 e. The van der Waals surface area contributed by atoms with Gasteiger partial charge in [-0.2, -0.15) is 5.10 Å². The third-order valence-electron chi connectivity index (χ3n) is 5.28. The van der Waals surface area contributed by atoms with E-state index in [0.717, 1.165) is 35.3 Å². The number of nitrogens with two attached hydrogens (primary N) is 1. The second-order valence-corrected chi connectivity index (χ2v) is 7.34. The van der Waals surface area contributed by atoms with Gasteiger partial charge in [0.2, 0.25) is 0 Å². The lowest BCUT2D eigenvalue weighted by Crippen LogP contribution is -2.57. The van der Waals surface area contributed by atoms with Crippen LogP contribution in [0.15, 0.2) is 42.9 Å². The fourth-order valence-corrected chi connectivity index (χ4v) is 3.79. The molecule has 4 rings (SSSR count). The summed E-state index contributed by atoms with van der Waals surface area (Å²) in [5.74, 6) is 3.30. The summed E-state index contributed by atoms with van der Waals surface area (Å²) < 4.78 is 1.78. The number of hydrogen-bond donors (Lipinski definition) is 4. The first-order valence-corrected chi connectivity index (χ1v) is 9.66. The van der Waals surface area contributed by atoms with Crippen molar-refractivity contribution in [1.82, 2.24) is 24.8 Å². The number of fused-ring (bicyclic) bond motifs is 1. The monoisotopic (exact) mass is 405 g/mol. The van der Waals surface area contributed by atoms with Gasteiger partial charge < -0.3 is 21.5 Å². The van der Waals surface area contributed by atoms with Gasteiger partial charge in [0.05, 0.1) is 6.04 Å². The summed E-state index contributed by atoms with van der Waals surface area (Å²) in [5.41, 5.74) is 9.61. The van der Waals surface area contributed by atoms with E-state index in [1.165, 1.54) is 6.33 Å². The number of terminal acetylenes is 1. The predicted octanol–water partition coefficient (Wildman–Crippen LogP) is 1.62. The smallest absolute Gasteiger partial charge is 0.404 e. The zero-order chi connectivity index (χ0) is 21.1. The standard InChI is InChI=1S/C21H23N7O2/c1-2-14-4-3-5-16(10-14)25-20-19-15(6-9-28(19)24-13-23-20)11-27-8-7-17(22)18(12-27)26-21(29)30/h1,3-6,9-10,13,17-18,26H,7-8,11-12,22H2,(H,29,30)(H,23,24,25)/t17-,18+/m1/s1. The molecule has 2 aromatic heterocycles. The van der Waals surface area contributed by atoms with Crippen LogP contribution >= 0.6 is 0 Å². The Balaban J connectivity index is 1.58. The fourth-order valence-electron chi connectivity index (χ4n) is 3.79. The number of piperidine rings is 1. The van der Waals surface area contributed by atoms with Gasteiger partial charge in [-0.15, -0.1) is 6.42 Å². The minimum absolute atomic E-state index is 0.188. The van der Waals surface area contributed by atoms with Gasteiger partial charge in [0.15, 0.2) is 5.82 Å². The van der Waals surface area contributed by atoms with Crippen LogP contribution in [0, 0.1) is 12.3 Å². The summed E-state index contributed by atoms with van der Waals surface area (Å²) in [6, 6.07) is 9.08. The Morgan fingerprint density at radius 1 is 1.40 bits per heavy atom. The summed E-state index contributed by atoms with van der Waals surface area (Å²) in [4.78, 5) is 17.7. The highest BCUT2D eigenvalue weighted by molar-refractivity contribution is 5.76. The molecule has 0 unspecified atom stereocenters. The average molecular weight is 405 g/mol. The topological polar surface area (TPSA) is 121 Å². The van der Waals surface area contributed by atoms with E-state index >= 15 is 0 Å². The molecule has 1 amide bonds. The Kier molecular flexibility index (Phi) is 5.52. The number of rotatable bonds is 5. The van der Waals surface area contributed by atoms with Gasteiger partial charge >= 0.3 is 6.09 Å². The van der Waals surface area contributed by atoms with Crippen molar-refractivity contribution in [2.45, 2.75) is 25.0 Å². The minimum atomic E-state index is -1.05. The quantitative estimate of drug-likeness (QED) is 0.476. The highest BCUT2D eigenvalue weighted by Gasteiger charge is 2.28. The van der Waals surface area contributed by atoms with E-state index in [4.69, 9.17) is 17.3 Å². The second kappa shape index (κ2) is 8.41. The first-order chi connectivity index (χ1) is 14.5. The number of carboxylic acid groups (broad SMARTS) is 1. The van der Waals surface area contributed by atoms with Crippen LogP contribution in [0.2, 0.25) is 0 Å². The van der Waals surface area contributed by atoms with Crippen LogP contribution < -0.4 is 16.4 Å². The van der Waals surface area contributed by atoms with Crippen LogP contribution in [0.1, 0.15) is 17.5 Å². The summed E-state index contributed by atoms with van der Waals surface area (Å²) in [7, 11) is 0. The number of nitrogens with one attached hydrogen (secondary N) is 2. The summed E-state index contributed by atoms with van der Waals surface area (Å²) in [5, 5.41) is 19.2. The van der Waals surface area contributed by atoms with E-state index in [1.54, 1.807) is 4.52 Å². The molecule has 0 saturated carbocycles. The fraction of sp³-hybridized carbons (Fsp3) is 0.286. The molecule has 0 spiro atoms. The minimum Gasteiger partial charge on any atom is -0.465 e. The Morgan fingerprint density at radius 3 is 3.07 bits per heavy atom. The highest BCUT2D eigenvalue weighted by atomic mass is 16.4. The normalized spacial score (nSPS) is 19.3. The molecule has 1 fully saturated rings. The number of nitrogens with zero attached hydrogens (tertiary/aromatic N) is 4. The molecule has 30 heavy (non-hydrogen) atoms. The van der Waals surface area contributed by atoms with E-state index in [1.807, 2.05) is 36.5 Å². The second-order valence-electron chi connectivity index (χ2n) is 7.34. The van der Waals surface area contributed by atoms with Crippen molar-refractivity contribution in [3.8, 4) is 12.3 Å². The third kappa shape index (κ3) is 4.20. The molecule has 3 heterocycles. The van der Waals surface area contributed by atoms with Gasteiger partial charge in [-0.05, 0) is 36.2 Å².